The quantitative estimate of drug-likeness (QED) is 0.192. The number of hydrogen-bond donors (Lipinski definition) is 0. The van der Waals surface area contributed by atoms with Crippen LogP contribution in [0.3, 0.4) is 0 Å². The van der Waals surface area contributed by atoms with Crippen molar-refractivity contribution in [3.05, 3.63) is 180 Å². The van der Waals surface area contributed by atoms with Gasteiger partial charge in [0.05, 0.1) is 0 Å². The molecule has 218 valence electrons. The zero-order valence-electron chi connectivity index (χ0n) is 26.2. The summed E-state index contributed by atoms with van der Waals surface area (Å²) in [6.07, 6.45) is 0.938. The maximum Gasteiger partial charge on any atom is 0.0159 e. The predicted octanol–water partition coefficient (Wildman–Crippen LogP) is 12.2. The summed E-state index contributed by atoms with van der Waals surface area (Å²) in [4.78, 5) is 0. The molecule has 0 radical (unpaired) electrons. The molecular weight excluding hydrogens is 553 g/mol. The van der Waals surface area contributed by atoms with Crippen LogP contribution in [0.2, 0.25) is 0 Å². The van der Waals surface area contributed by atoms with E-state index >= 15 is 0 Å². The van der Waals surface area contributed by atoms with Crippen LogP contribution < -0.4 is 0 Å². The monoisotopic (exact) mass is 586 g/mol. The van der Waals surface area contributed by atoms with E-state index in [-0.39, 0.29) is 5.41 Å². The van der Waals surface area contributed by atoms with Crippen LogP contribution in [0.25, 0.3) is 66.8 Å². The van der Waals surface area contributed by atoms with Crippen molar-refractivity contribution in [2.24, 2.45) is 0 Å². The van der Waals surface area contributed by atoms with E-state index in [4.69, 9.17) is 0 Å². The lowest BCUT2D eigenvalue weighted by molar-refractivity contribution is 0.660. The molecule has 7 aromatic rings. The first-order valence-corrected chi connectivity index (χ1v) is 16.3. The molecule has 0 saturated heterocycles. The Morgan fingerprint density at radius 1 is 0.326 bits per heavy atom. The first kappa shape index (κ1) is 26.9. The molecule has 0 heterocycles. The molecule has 0 atom stereocenters. The van der Waals surface area contributed by atoms with Crippen molar-refractivity contribution in [3.63, 3.8) is 0 Å². The standard InChI is InChI=1S/C46H34/c1-46(2)44-20-7-6-15-40(44)41-26-25-35(28-45(41)46)37-17-10-19-39-38-18-9-16-36(42(38)29-43(37)39)34-14-8-13-33(27-34)32-23-21-31(22-24-32)30-11-4-3-5-12-30/h3-28H,29H2,1-2H3. The van der Waals surface area contributed by atoms with Crippen molar-refractivity contribution in [3.8, 4) is 66.8 Å². The van der Waals surface area contributed by atoms with Gasteiger partial charge in [-0.1, -0.05) is 159 Å². The van der Waals surface area contributed by atoms with Crippen LogP contribution in [0.1, 0.15) is 36.1 Å². The van der Waals surface area contributed by atoms with Crippen LogP contribution in [-0.2, 0) is 11.8 Å². The van der Waals surface area contributed by atoms with E-state index in [1.165, 1.54) is 89.0 Å². The average molecular weight is 587 g/mol. The third-order valence-corrected chi connectivity index (χ3v) is 10.4. The minimum atomic E-state index is -0.0110. The van der Waals surface area contributed by atoms with Gasteiger partial charge in [-0.2, -0.15) is 0 Å². The molecule has 0 spiro atoms. The number of hydrogen-bond acceptors (Lipinski definition) is 0. The molecule has 0 heteroatoms. The predicted molar refractivity (Wildman–Crippen MR) is 194 cm³/mol. The van der Waals surface area contributed by atoms with E-state index in [0.717, 1.165) is 6.42 Å². The number of fused-ring (bicyclic) bond motifs is 6. The maximum absolute atomic E-state index is 2.46. The van der Waals surface area contributed by atoms with E-state index in [0.29, 0.717) is 0 Å². The molecule has 7 aromatic carbocycles. The SMILES string of the molecule is CC1(C)c2ccccc2-c2ccc(-c3cccc4c3Cc3c(-c5cccc(-c6ccc(-c7ccccc7)cc6)c5)cccc3-4)cc21. The molecule has 0 nitrogen and oxygen atoms in total. The van der Waals surface area contributed by atoms with E-state index < -0.39 is 0 Å². The van der Waals surface area contributed by atoms with Crippen LogP contribution in [0.5, 0.6) is 0 Å². The highest BCUT2D eigenvalue weighted by Crippen LogP contribution is 2.51. The maximum atomic E-state index is 2.46. The highest BCUT2D eigenvalue weighted by Gasteiger charge is 2.35. The number of rotatable bonds is 4. The first-order valence-electron chi connectivity index (χ1n) is 16.3. The Morgan fingerprint density at radius 3 is 1.50 bits per heavy atom. The van der Waals surface area contributed by atoms with Gasteiger partial charge in [-0.05, 0) is 108 Å². The van der Waals surface area contributed by atoms with Gasteiger partial charge < -0.3 is 0 Å². The Hall–Kier alpha value is -5.46. The Bertz CT molecular complexity index is 2280. The minimum absolute atomic E-state index is 0.0110. The summed E-state index contributed by atoms with van der Waals surface area (Å²) in [5.74, 6) is 0. The Morgan fingerprint density at radius 2 is 0.783 bits per heavy atom. The second-order valence-electron chi connectivity index (χ2n) is 13.3. The Balaban J connectivity index is 1.08. The molecule has 0 aliphatic heterocycles. The lowest BCUT2D eigenvalue weighted by Gasteiger charge is -2.22. The summed E-state index contributed by atoms with van der Waals surface area (Å²) in [7, 11) is 0. The summed E-state index contributed by atoms with van der Waals surface area (Å²) >= 11 is 0. The molecule has 2 aliphatic rings. The van der Waals surface area contributed by atoms with Gasteiger partial charge in [-0.3, -0.25) is 0 Å². The summed E-state index contributed by atoms with van der Waals surface area (Å²) in [5.41, 5.74) is 21.4. The van der Waals surface area contributed by atoms with Gasteiger partial charge in [-0.25, -0.2) is 0 Å². The van der Waals surface area contributed by atoms with Crippen LogP contribution >= 0.6 is 0 Å². The third-order valence-electron chi connectivity index (χ3n) is 10.4. The second-order valence-corrected chi connectivity index (χ2v) is 13.3. The summed E-state index contributed by atoms with van der Waals surface area (Å²) in [6.45, 7) is 4.73. The van der Waals surface area contributed by atoms with Crippen molar-refractivity contribution < 1.29 is 0 Å². The lowest BCUT2D eigenvalue weighted by atomic mass is 9.81. The van der Waals surface area contributed by atoms with E-state index in [1.807, 2.05) is 0 Å². The summed E-state index contributed by atoms with van der Waals surface area (Å²) < 4.78 is 0. The van der Waals surface area contributed by atoms with Crippen molar-refractivity contribution in [1.82, 2.24) is 0 Å². The third kappa shape index (κ3) is 4.14. The smallest absolute Gasteiger partial charge is 0.0159 e. The molecule has 0 unspecified atom stereocenters. The second kappa shape index (κ2) is 10.3. The van der Waals surface area contributed by atoms with Gasteiger partial charge in [0.2, 0.25) is 0 Å². The summed E-state index contributed by atoms with van der Waals surface area (Å²) in [5, 5.41) is 0. The van der Waals surface area contributed by atoms with Crippen molar-refractivity contribution >= 4 is 0 Å². The molecule has 0 aromatic heterocycles. The Labute approximate surface area is 271 Å². The molecule has 0 saturated carbocycles. The van der Waals surface area contributed by atoms with Gasteiger partial charge in [0.1, 0.15) is 0 Å². The fourth-order valence-corrected chi connectivity index (χ4v) is 8.00. The van der Waals surface area contributed by atoms with Crippen molar-refractivity contribution in [1.29, 1.82) is 0 Å². The molecule has 2 aliphatic carbocycles. The largest absolute Gasteiger partial charge is 0.0622 e. The van der Waals surface area contributed by atoms with Crippen molar-refractivity contribution in [2.45, 2.75) is 25.7 Å². The molecule has 0 fully saturated rings. The highest BCUT2D eigenvalue weighted by atomic mass is 14.4. The van der Waals surface area contributed by atoms with Gasteiger partial charge in [-0.15, -0.1) is 0 Å². The topological polar surface area (TPSA) is 0 Å². The van der Waals surface area contributed by atoms with Crippen LogP contribution in [0.4, 0.5) is 0 Å². The fourth-order valence-electron chi connectivity index (χ4n) is 8.00. The van der Waals surface area contributed by atoms with Crippen LogP contribution in [0, 0.1) is 0 Å². The van der Waals surface area contributed by atoms with Gasteiger partial charge in [0, 0.05) is 5.41 Å². The molecule has 46 heavy (non-hydrogen) atoms. The van der Waals surface area contributed by atoms with E-state index in [1.54, 1.807) is 0 Å². The molecule has 0 amide bonds. The van der Waals surface area contributed by atoms with E-state index in [2.05, 4.69) is 172 Å². The van der Waals surface area contributed by atoms with Crippen LogP contribution in [-0.4, -0.2) is 0 Å². The normalized spacial score (nSPS) is 13.5. The zero-order chi connectivity index (χ0) is 30.8. The molecule has 0 bridgehead atoms. The number of benzene rings is 7. The molecule has 9 rings (SSSR count). The fraction of sp³-hybridized carbons (Fsp3) is 0.0870. The van der Waals surface area contributed by atoms with Gasteiger partial charge >= 0.3 is 0 Å². The lowest BCUT2D eigenvalue weighted by Crippen LogP contribution is -2.14. The minimum Gasteiger partial charge on any atom is -0.0622 e. The highest BCUT2D eigenvalue weighted by molar-refractivity contribution is 5.91. The molecule has 0 N–H and O–H groups in total. The van der Waals surface area contributed by atoms with Crippen molar-refractivity contribution in [2.75, 3.05) is 0 Å². The zero-order valence-corrected chi connectivity index (χ0v) is 26.2. The average Bonchev–Trinajstić information content (AvgIpc) is 3.61. The Kier molecular flexibility index (Phi) is 6.02. The molecular formula is C46H34. The van der Waals surface area contributed by atoms with Crippen LogP contribution in [0.15, 0.2) is 158 Å². The van der Waals surface area contributed by atoms with Gasteiger partial charge in [0.25, 0.3) is 0 Å². The summed E-state index contributed by atoms with van der Waals surface area (Å²) in [6, 6.07) is 58.3. The van der Waals surface area contributed by atoms with Gasteiger partial charge in [0.15, 0.2) is 0 Å². The first-order chi connectivity index (χ1) is 22.6. The van der Waals surface area contributed by atoms with E-state index in [9.17, 15) is 0 Å².